The fourth-order valence-corrected chi connectivity index (χ4v) is 3.68. The Kier molecular flexibility index (Phi) is 6.99. The molecule has 6 heteroatoms. The average molecular weight is 409 g/mol. The van der Waals surface area contributed by atoms with Crippen LogP contribution in [0.25, 0.3) is 0 Å². The molecular formula is C18H21BrN2O2S. The monoisotopic (exact) mass is 408 g/mol. The smallest absolute Gasteiger partial charge is 0.264 e. The van der Waals surface area contributed by atoms with Gasteiger partial charge in [0.1, 0.15) is 6.54 Å². The summed E-state index contributed by atoms with van der Waals surface area (Å²) in [6.45, 7) is 2.82. The summed E-state index contributed by atoms with van der Waals surface area (Å²) in [5.74, 6) is -0.205. The number of unbranched alkanes of at least 4 members (excludes halogenated alkanes) is 1. The van der Waals surface area contributed by atoms with E-state index in [0.29, 0.717) is 11.4 Å². The second kappa shape index (κ2) is 8.99. The molecule has 0 N–H and O–H groups in total. The van der Waals surface area contributed by atoms with Gasteiger partial charge in [0, 0.05) is 19.3 Å². The fourth-order valence-electron chi connectivity index (χ4n) is 2.30. The van der Waals surface area contributed by atoms with Crippen molar-refractivity contribution in [3.05, 3.63) is 51.1 Å². The van der Waals surface area contributed by atoms with Crippen LogP contribution in [-0.2, 0) is 4.79 Å². The zero-order chi connectivity index (χ0) is 17.5. The topological polar surface area (TPSA) is 40.6 Å². The van der Waals surface area contributed by atoms with Crippen molar-refractivity contribution < 1.29 is 9.59 Å². The predicted molar refractivity (Wildman–Crippen MR) is 103 cm³/mol. The van der Waals surface area contributed by atoms with Crippen LogP contribution in [0.5, 0.6) is 0 Å². The second-order valence-electron chi connectivity index (χ2n) is 5.50. The molecule has 1 heterocycles. The van der Waals surface area contributed by atoms with Gasteiger partial charge in [-0.3, -0.25) is 9.59 Å². The lowest BCUT2D eigenvalue weighted by Gasteiger charge is -2.25. The minimum atomic E-state index is -0.137. The Hall–Kier alpha value is -1.66. The summed E-state index contributed by atoms with van der Waals surface area (Å²) in [5.41, 5.74) is 0.871. The molecule has 0 atom stereocenters. The highest BCUT2D eigenvalue weighted by molar-refractivity contribution is 9.11. The van der Waals surface area contributed by atoms with Crippen molar-refractivity contribution in [2.45, 2.75) is 19.8 Å². The van der Waals surface area contributed by atoms with Crippen molar-refractivity contribution >= 4 is 44.8 Å². The molecule has 24 heavy (non-hydrogen) atoms. The van der Waals surface area contributed by atoms with Gasteiger partial charge in [0.25, 0.3) is 5.91 Å². The third kappa shape index (κ3) is 4.92. The van der Waals surface area contributed by atoms with Gasteiger partial charge in [-0.25, -0.2) is 0 Å². The molecule has 1 aromatic heterocycles. The van der Waals surface area contributed by atoms with Gasteiger partial charge in [0.15, 0.2) is 0 Å². The molecule has 0 spiro atoms. The van der Waals surface area contributed by atoms with E-state index < -0.39 is 0 Å². The average Bonchev–Trinajstić information content (AvgIpc) is 3.02. The first kappa shape index (κ1) is 18.7. The maximum absolute atomic E-state index is 12.7. The molecular weight excluding hydrogens is 388 g/mol. The Morgan fingerprint density at radius 1 is 1.12 bits per heavy atom. The van der Waals surface area contributed by atoms with Crippen LogP contribution >= 0.6 is 27.3 Å². The Labute approximate surface area is 155 Å². The third-order valence-corrected chi connectivity index (χ3v) is 5.22. The quantitative estimate of drug-likeness (QED) is 0.680. The lowest BCUT2D eigenvalue weighted by Crippen LogP contribution is -2.41. The predicted octanol–water partition coefficient (Wildman–Crippen LogP) is 4.42. The van der Waals surface area contributed by atoms with E-state index >= 15 is 0 Å². The highest BCUT2D eigenvalue weighted by Crippen LogP contribution is 2.23. The minimum absolute atomic E-state index is 0.0625. The zero-order valence-electron chi connectivity index (χ0n) is 13.9. The van der Waals surface area contributed by atoms with E-state index in [1.165, 1.54) is 16.2 Å². The number of carbonyl (C=O) groups excluding carboxylic acids is 2. The van der Waals surface area contributed by atoms with Gasteiger partial charge in [-0.15, -0.1) is 11.3 Å². The van der Waals surface area contributed by atoms with Crippen molar-refractivity contribution in [2.24, 2.45) is 0 Å². The van der Waals surface area contributed by atoms with Crippen molar-refractivity contribution in [3.63, 3.8) is 0 Å². The van der Waals surface area contributed by atoms with Crippen LogP contribution in [0, 0.1) is 0 Å². The Morgan fingerprint density at radius 3 is 2.42 bits per heavy atom. The van der Waals surface area contributed by atoms with Crippen LogP contribution < -0.4 is 4.90 Å². The lowest BCUT2D eigenvalue weighted by atomic mass is 10.2. The standard InChI is InChI=1S/C18H21BrN2O2S/c1-3-4-12-21(14-8-6-5-7-9-14)17(22)13-20(2)18(23)15-10-11-16(19)24-15/h5-11H,3-4,12-13H2,1-2H3. The van der Waals surface area contributed by atoms with Crippen molar-refractivity contribution in [3.8, 4) is 0 Å². The molecule has 2 aromatic rings. The number of para-hydroxylation sites is 1. The van der Waals surface area contributed by atoms with E-state index in [9.17, 15) is 9.59 Å². The highest BCUT2D eigenvalue weighted by Gasteiger charge is 2.21. The molecule has 0 saturated heterocycles. The summed E-state index contributed by atoms with van der Waals surface area (Å²) in [4.78, 5) is 29.0. The summed E-state index contributed by atoms with van der Waals surface area (Å²) in [6, 6.07) is 13.2. The van der Waals surface area contributed by atoms with Crippen LogP contribution in [0.4, 0.5) is 5.69 Å². The molecule has 0 aliphatic heterocycles. The Balaban J connectivity index is 2.07. The molecule has 4 nitrogen and oxygen atoms in total. The van der Waals surface area contributed by atoms with Crippen molar-refractivity contribution in [2.75, 3.05) is 25.0 Å². The summed E-state index contributed by atoms with van der Waals surface area (Å²) >= 11 is 4.73. The molecule has 0 radical (unpaired) electrons. The number of hydrogen-bond donors (Lipinski definition) is 0. The summed E-state index contributed by atoms with van der Waals surface area (Å²) in [5, 5.41) is 0. The molecule has 1 aromatic carbocycles. The zero-order valence-corrected chi connectivity index (χ0v) is 16.3. The van der Waals surface area contributed by atoms with Crippen LogP contribution in [0.2, 0.25) is 0 Å². The number of anilines is 1. The summed E-state index contributed by atoms with van der Waals surface area (Å²) in [7, 11) is 1.66. The molecule has 0 saturated carbocycles. The van der Waals surface area contributed by atoms with E-state index in [4.69, 9.17) is 0 Å². The van der Waals surface area contributed by atoms with Gasteiger partial charge in [-0.1, -0.05) is 31.5 Å². The number of benzene rings is 1. The van der Waals surface area contributed by atoms with Gasteiger partial charge in [-0.2, -0.15) is 0 Å². The summed E-state index contributed by atoms with van der Waals surface area (Å²) in [6.07, 6.45) is 1.94. The molecule has 128 valence electrons. The number of amides is 2. The normalized spacial score (nSPS) is 10.5. The number of halogens is 1. The van der Waals surface area contributed by atoms with E-state index in [0.717, 1.165) is 22.3 Å². The second-order valence-corrected chi connectivity index (χ2v) is 7.96. The Morgan fingerprint density at radius 2 is 1.83 bits per heavy atom. The van der Waals surface area contributed by atoms with Crippen molar-refractivity contribution in [1.82, 2.24) is 4.90 Å². The van der Waals surface area contributed by atoms with E-state index in [1.807, 2.05) is 36.4 Å². The van der Waals surface area contributed by atoms with Gasteiger partial charge < -0.3 is 9.80 Å². The van der Waals surface area contributed by atoms with Gasteiger partial charge in [-0.05, 0) is 46.6 Å². The molecule has 0 aliphatic carbocycles. The first-order valence-corrected chi connectivity index (χ1v) is 9.50. The number of carbonyl (C=O) groups is 2. The lowest BCUT2D eigenvalue weighted by molar-refractivity contribution is -0.119. The number of rotatable bonds is 7. The maximum atomic E-state index is 12.7. The van der Waals surface area contributed by atoms with Crippen LogP contribution in [-0.4, -0.2) is 36.9 Å². The molecule has 0 aliphatic rings. The first-order valence-electron chi connectivity index (χ1n) is 7.89. The van der Waals surface area contributed by atoms with Crippen molar-refractivity contribution in [1.29, 1.82) is 0 Å². The molecule has 0 fully saturated rings. The fraction of sp³-hybridized carbons (Fsp3) is 0.333. The van der Waals surface area contributed by atoms with Crippen LogP contribution in [0.3, 0.4) is 0 Å². The highest BCUT2D eigenvalue weighted by atomic mass is 79.9. The molecule has 0 unspecified atom stereocenters. The van der Waals surface area contributed by atoms with E-state index in [2.05, 4.69) is 22.9 Å². The van der Waals surface area contributed by atoms with Crippen LogP contribution in [0.1, 0.15) is 29.4 Å². The van der Waals surface area contributed by atoms with E-state index in [1.54, 1.807) is 18.0 Å². The van der Waals surface area contributed by atoms with Gasteiger partial charge >= 0.3 is 0 Å². The maximum Gasteiger partial charge on any atom is 0.264 e. The van der Waals surface area contributed by atoms with Gasteiger partial charge in [0.05, 0.1) is 8.66 Å². The first-order chi connectivity index (χ1) is 11.5. The van der Waals surface area contributed by atoms with Crippen LogP contribution in [0.15, 0.2) is 46.3 Å². The summed E-state index contributed by atoms with van der Waals surface area (Å²) < 4.78 is 0.902. The SMILES string of the molecule is CCCCN(C(=O)CN(C)C(=O)c1ccc(Br)s1)c1ccccc1. The number of nitrogens with zero attached hydrogens (tertiary/aromatic N) is 2. The number of thiophene rings is 1. The number of hydrogen-bond acceptors (Lipinski definition) is 3. The molecule has 2 amide bonds. The minimum Gasteiger partial charge on any atom is -0.332 e. The van der Waals surface area contributed by atoms with E-state index in [-0.39, 0.29) is 18.4 Å². The van der Waals surface area contributed by atoms with Gasteiger partial charge in [0.2, 0.25) is 5.91 Å². The molecule has 2 rings (SSSR count). The number of likely N-dealkylation sites (N-methyl/N-ethyl adjacent to an activating group) is 1. The molecule has 0 bridgehead atoms. The Bertz CT molecular complexity index is 687. The third-order valence-electron chi connectivity index (χ3n) is 3.61. The largest absolute Gasteiger partial charge is 0.332 e.